The molecule has 1 fully saturated rings. The highest BCUT2D eigenvalue weighted by Gasteiger charge is 2.13. The Morgan fingerprint density at radius 1 is 0.844 bits per heavy atom. The van der Waals surface area contributed by atoms with Crippen molar-refractivity contribution in [1.29, 1.82) is 0 Å². The first-order valence-corrected chi connectivity index (χ1v) is 11.3. The number of hydrogen-bond donors (Lipinski definition) is 0. The zero-order valence-electron chi connectivity index (χ0n) is 18.5. The second kappa shape index (κ2) is 9.10. The second-order valence-corrected chi connectivity index (χ2v) is 8.60. The van der Waals surface area contributed by atoms with Gasteiger partial charge in [-0.3, -0.25) is 9.20 Å². The van der Waals surface area contributed by atoms with Crippen LogP contribution in [0.3, 0.4) is 0 Å². The molecule has 4 heterocycles. The van der Waals surface area contributed by atoms with Crippen molar-refractivity contribution in [2.75, 3.05) is 39.8 Å². The van der Waals surface area contributed by atoms with Gasteiger partial charge in [0.2, 0.25) is 0 Å². The van der Waals surface area contributed by atoms with Crippen molar-refractivity contribution in [2.24, 2.45) is 0 Å². The predicted molar refractivity (Wildman–Crippen MR) is 129 cm³/mol. The van der Waals surface area contributed by atoms with Crippen molar-refractivity contribution in [3.05, 3.63) is 83.5 Å². The minimum absolute atomic E-state index is 0.0501. The Bertz CT molecular complexity index is 1250. The first-order chi connectivity index (χ1) is 15.7. The van der Waals surface area contributed by atoms with Gasteiger partial charge < -0.3 is 14.4 Å². The molecule has 0 saturated carbocycles. The largest absolute Gasteiger partial charge is 0.315 e. The first-order valence-electron chi connectivity index (χ1n) is 11.3. The summed E-state index contributed by atoms with van der Waals surface area (Å²) in [5, 5.41) is 0. The van der Waals surface area contributed by atoms with Gasteiger partial charge in [-0.25, -0.2) is 4.98 Å². The van der Waals surface area contributed by atoms with Crippen LogP contribution in [0.5, 0.6) is 0 Å². The summed E-state index contributed by atoms with van der Waals surface area (Å²) in [6, 6.07) is 18.1. The van der Waals surface area contributed by atoms with Gasteiger partial charge in [0.05, 0.1) is 11.9 Å². The average molecular weight is 428 g/mol. The van der Waals surface area contributed by atoms with E-state index in [9.17, 15) is 4.79 Å². The monoisotopic (exact) mass is 427 g/mol. The van der Waals surface area contributed by atoms with Crippen molar-refractivity contribution < 1.29 is 0 Å². The quantitative estimate of drug-likeness (QED) is 0.473. The van der Waals surface area contributed by atoms with Gasteiger partial charge in [-0.1, -0.05) is 30.3 Å². The van der Waals surface area contributed by atoms with Gasteiger partial charge in [-0.05, 0) is 49.3 Å². The summed E-state index contributed by atoms with van der Waals surface area (Å²) in [7, 11) is 2.17. The highest BCUT2D eigenvalue weighted by molar-refractivity contribution is 5.70. The van der Waals surface area contributed by atoms with Gasteiger partial charge in [-0.15, -0.1) is 0 Å². The van der Waals surface area contributed by atoms with Crippen LogP contribution in [0.15, 0.2) is 78.0 Å². The molecule has 164 valence electrons. The Morgan fingerprint density at radius 3 is 2.38 bits per heavy atom. The van der Waals surface area contributed by atoms with Crippen molar-refractivity contribution in [3.8, 4) is 22.4 Å². The molecule has 0 N–H and O–H groups in total. The Labute approximate surface area is 188 Å². The fraction of sp³-hybridized carbons (Fsp3) is 0.308. The number of imidazole rings is 1. The summed E-state index contributed by atoms with van der Waals surface area (Å²) in [6.45, 7) is 6.29. The third kappa shape index (κ3) is 4.38. The van der Waals surface area contributed by atoms with Crippen LogP contribution in [0.4, 0.5) is 0 Å². The zero-order chi connectivity index (χ0) is 21.9. The first kappa shape index (κ1) is 20.7. The number of hydrogen-bond acceptors (Lipinski definition) is 4. The normalized spacial score (nSPS) is 15.4. The zero-order valence-corrected chi connectivity index (χ0v) is 18.5. The highest BCUT2D eigenvalue weighted by Crippen LogP contribution is 2.24. The second-order valence-electron chi connectivity index (χ2n) is 8.60. The van der Waals surface area contributed by atoms with Crippen molar-refractivity contribution in [1.82, 2.24) is 23.8 Å². The van der Waals surface area contributed by atoms with E-state index in [0.717, 1.165) is 73.7 Å². The van der Waals surface area contributed by atoms with Crippen LogP contribution in [0.2, 0.25) is 0 Å². The van der Waals surface area contributed by atoms with E-state index in [-0.39, 0.29) is 5.56 Å². The molecule has 0 aliphatic carbocycles. The molecule has 32 heavy (non-hydrogen) atoms. The summed E-state index contributed by atoms with van der Waals surface area (Å²) in [4.78, 5) is 22.1. The van der Waals surface area contributed by atoms with Crippen LogP contribution in [0, 0.1) is 0 Å². The number of benzene rings is 1. The van der Waals surface area contributed by atoms with Crippen LogP contribution >= 0.6 is 0 Å². The Kier molecular flexibility index (Phi) is 5.88. The molecule has 6 nitrogen and oxygen atoms in total. The third-order valence-corrected chi connectivity index (χ3v) is 6.38. The topological polar surface area (TPSA) is 45.8 Å². The molecule has 3 aromatic heterocycles. The number of likely N-dealkylation sites (N-methyl/N-ethyl adjacent to an activating group) is 1. The SMILES string of the molecule is CN1CCN(CCCn2ccc(-c3ccn4c(-c5ccccc5)cnc4c3)cc2=O)CC1. The van der Waals surface area contributed by atoms with Crippen LogP contribution in [0.1, 0.15) is 6.42 Å². The smallest absolute Gasteiger partial charge is 0.251 e. The Balaban J connectivity index is 1.29. The van der Waals surface area contributed by atoms with Gasteiger partial charge in [0.1, 0.15) is 5.65 Å². The molecule has 0 radical (unpaired) electrons. The summed E-state index contributed by atoms with van der Waals surface area (Å²) in [6.07, 6.45) is 6.84. The lowest BCUT2D eigenvalue weighted by atomic mass is 10.1. The lowest BCUT2D eigenvalue weighted by molar-refractivity contribution is 0.151. The summed E-state index contributed by atoms with van der Waals surface area (Å²) < 4.78 is 3.90. The third-order valence-electron chi connectivity index (χ3n) is 6.38. The van der Waals surface area contributed by atoms with Crippen LogP contribution in [0.25, 0.3) is 28.0 Å². The van der Waals surface area contributed by atoms with Gasteiger partial charge in [0.15, 0.2) is 0 Å². The standard InChI is InChI=1S/C26H29N5O/c1-28-14-16-29(17-15-28)10-5-11-30-12-8-23(19-26(30)32)22-9-13-31-24(20-27-25(31)18-22)21-6-3-2-4-7-21/h2-4,6-9,12-13,18-20H,5,10-11,14-17H2,1H3. The van der Waals surface area contributed by atoms with Gasteiger partial charge >= 0.3 is 0 Å². The molecule has 6 heteroatoms. The fourth-order valence-electron chi connectivity index (χ4n) is 4.39. The molecule has 5 rings (SSSR count). The molecule has 0 amide bonds. The molecule has 0 spiro atoms. The number of fused-ring (bicyclic) bond motifs is 1. The van der Waals surface area contributed by atoms with Crippen LogP contribution in [-0.4, -0.2) is 63.5 Å². The number of aromatic nitrogens is 3. The average Bonchev–Trinajstić information content (AvgIpc) is 3.25. The highest BCUT2D eigenvalue weighted by atomic mass is 16.1. The van der Waals surface area contributed by atoms with Gasteiger partial charge in [0.25, 0.3) is 5.56 Å². The number of pyridine rings is 2. The van der Waals surface area contributed by atoms with E-state index in [1.807, 2.05) is 59.6 Å². The lowest BCUT2D eigenvalue weighted by Gasteiger charge is -2.32. The fourth-order valence-corrected chi connectivity index (χ4v) is 4.39. The number of rotatable bonds is 6. The molecular formula is C26H29N5O. The lowest BCUT2D eigenvalue weighted by Crippen LogP contribution is -2.44. The maximum Gasteiger partial charge on any atom is 0.251 e. The molecular weight excluding hydrogens is 398 g/mol. The number of piperazine rings is 1. The van der Waals surface area contributed by atoms with E-state index in [1.165, 1.54) is 0 Å². The molecule has 1 aliphatic rings. The molecule has 0 bridgehead atoms. The van der Waals surface area contributed by atoms with E-state index in [2.05, 4.69) is 38.4 Å². The Hall–Kier alpha value is -3.22. The Morgan fingerprint density at radius 2 is 1.59 bits per heavy atom. The number of aryl methyl sites for hydroxylation is 1. The molecule has 4 aromatic rings. The summed E-state index contributed by atoms with van der Waals surface area (Å²) >= 11 is 0. The van der Waals surface area contributed by atoms with Gasteiger partial charge in [0, 0.05) is 56.7 Å². The van der Waals surface area contributed by atoms with E-state index in [0.29, 0.717) is 0 Å². The molecule has 0 unspecified atom stereocenters. The van der Waals surface area contributed by atoms with Crippen LogP contribution in [-0.2, 0) is 6.54 Å². The van der Waals surface area contributed by atoms with E-state index < -0.39 is 0 Å². The molecule has 0 atom stereocenters. The van der Waals surface area contributed by atoms with E-state index in [4.69, 9.17) is 0 Å². The predicted octanol–water partition coefficient (Wildman–Crippen LogP) is 3.47. The minimum atomic E-state index is 0.0501. The van der Waals surface area contributed by atoms with E-state index in [1.54, 1.807) is 6.07 Å². The van der Waals surface area contributed by atoms with Crippen molar-refractivity contribution >= 4 is 5.65 Å². The van der Waals surface area contributed by atoms with Crippen molar-refractivity contribution in [2.45, 2.75) is 13.0 Å². The maximum atomic E-state index is 12.7. The molecule has 1 saturated heterocycles. The molecule has 1 aliphatic heterocycles. The van der Waals surface area contributed by atoms with E-state index >= 15 is 0 Å². The number of nitrogens with zero attached hydrogens (tertiary/aromatic N) is 5. The summed E-state index contributed by atoms with van der Waals surface area (Å²) in [5.74, 6) is 0. The van der Waals surface area contributed by atoms with Gasteiger partial charge in [-0.2, -0.15) is 0 Å². The minimum Gasteiger partial charge on any atom is -0.315 e. The summed E-state index contributed by atoms with van der Waals surface area (Å²) in [5.41, 5.74) is 5.04. The van der Waals surface area contributed by atoms with Crippen molar-refractivity contribution in [3.63, 3.8) is 0 Å². The van der Waals surface area contributed by atoms with Crippen LogP contribution < -0.4 is 5.56 Å². The maximum absolute atomic E-state index is 12.7. The molecule has 1 aromatic carbocycles.